The highest BCUT2D eigenvalue weighted by molar-refractivity contribution is 7.93. The fourth-order valence-corrected chi connectivity index (χ4v) is 4.61. The van der Waals surface area contributed by atoms with Crippen LogP contribution in [0.25, 0.3) is 0 Å². The summed E-state index contributed by atoms with van der Waals surface area (Å²) in [6.45, 7) is 4.53. The summed E-state index contributed by atoms with van der Waals surface area (Å²) in [5.74, 6) is 1.15. The van der Waals surface area contributed by atoms with Crippen molar-refractivity contribution < 1.29 is 8.42 Å². The zero-order valence-electron chi connectivity index (χ0n) is 11.2. The van der Waals surface area contributed by atoms with Gasteiger partial charge in [0.2, 0.25) is 10.0 Å². The Morgan fingerprint density at radius 1 is 1.50 bits per heavy atom. The molecular formula is C12H24N2O2S2. The van der Waals surface area contributed by atoms with Crippen LogP contribution in [0.15, 0.2) is 0 Å². The zero-order valence-corrected chi connectivity index (χ0v) is 12.8. The third-order valence-electron chi connectivity index (χ3n) is 3.68. The smallest absolute Gasteiger partial charge is 0.221 e. The Morgan fingerprint density at radius 2 is 2.17 bits per heavy atom. The Kier molecular flexibility index (Phi) is 6.01. The molecule has 0 heterocycles. The number of hydrogen-bond acceptors (Lipinski definition) is 3. The molecule has 0 saturated heterocycles. The molecule has 0 amide bonds. The lowest BCUT2D eigenvalue weighted by atomic mass is 9.83. The molecule has 0 radical (unpaired) electrons. The van der Waals surface area contributed by atoms with Crippen LogP contribution in [-0.4, -0.2) is 25.2 Å². The van der Waals surface area contributed by atoms with Crippen molar-refractivity contribution in [1.29, 1.82) is 0 Å². The van der Waals surface area contributed by atoms with Gasteiger partial charge in [0, 0.05) is 6.54 Å². The second-order valence-corrected chi connectivity index (χ2v) is 7.75. The molecule has 0 aromatic heterocycles. The number of nitrogens with two attached hydrogens (primary N) is 1. The van der Waals surface area contributed by atoms with Gasteiger partial charge in [0.05, 0.1) is 4.99 Å². The quantitative estimate of drug-likeness (QED) is 0.732. The van der Waals surface area contributed by atoms with E-state index in [2.05, 4.69) is 11.6 Å². The van der Waals surface area contributed by atoms with Crippen molar-refractivity contribution in [2.45, 2.75) is 51.2 Å². The van der Waals surface area contributed by atoms with Crippen LogP contribution in [0, 0.1) is 11.8 Å². The number of nitrogens with one attached hydrogen (secondary N) is 1. The third-order valence-corrected chi connectivity index (χ3v) is 6.02. The van der Waals surface area contributed by atoms with E-state index in [0.29, 0.717) is 24.8 Å². The van der Waals surface area contributed by atoms with Crippen LogP contribution in [0.2, 0.25) is 0 Å². The molecule has 6 heteroatoms. The minimum absolute atomic E-state index is 0.0574. The highest BCUT2D eigenvalue weighted by Crippen LogP contribution is 2.28. The Hall–Kier alpha value is -0.200. The first kappa shape index (κ1) is 15.9. The Labute approximate surface area is 116 Å². The van der Waals surface area contributed by atoms with Crippen LogP contribution in [0.1, 0.15) is 46.0 Å². The molecule has 0 aromatic rings. The predicted octanol–water partition coefficient (Wildman–Crippen LogP) is 1.80. The van der Waals surface area contributed by atoms with Gasteiger partial charge < -0.3 is 5.73 Å². The second kappa shape index (κ2) is 6.82. The van der Waals surface area contributed by atoms with Crippen LogP contribution in [0.3, 0.4) is 0 Å². The molecule has 1 saturated carbocycles. The van der Waals surface area contributed by atoms with Gasteiger partial charge in [0.1, 0.15) is 5.25 Å². The van der Waals surface area contributed by atoms with Crippen molar-refractivity contribution in [3.05, 3.63) is 0 Å². The van der Waals surface area contributed by atoms with Crippen molar-refractivity contribution in [3.63, 3.8) is 0 Å². The van der Waals surface area contributed by atoms with E-state index in [1.165, 1.54) is 12.8 Å². The number of thiocarbonyl (C=S) groups is 1. The fourth-order valence-electron chi connectivity index (χ4n) is 2.65. The van der Waals surface area contributed by atoms with Crippen LogP contribution in [0.5, 0.6) is 0 Å². The molecule has 3 unspecified atom stereocenters. The molecule has 0 spiro atoms. The van der Waals surface area contributed by atoms with Crippen LogP contribution in [-0.2, 0) is 10.0 Å². The van der Waals surface area contributed by atoms with Gasteiger partial charge in [-0.2, -0.15) is 0 Å². The third kappa shape index (κ3) is 4.48. The van der Waals surface area contributed by atoms with Gasteiger partial charge in [-0.25, -0.2) is 13.1 Å². The molecule has 3 atom stereocenters. The van der Waals surface area contributed by atoms with Gasteiger partial charge in [-0.3, -0.25) is 0 Å². The Bertz CT molecular complexity index is 382. The number of hydrogen-bond donors (Lipinski definition) is 2. The van der Waals surface area contributed by atoms with Crippen molar-refractivity contribution >= 4 is 27.2 Å². The van der Waals surface area contributed by atoms with E-state index in [9.17, 15) is 8.42 Å². The predicted molar refractivity (Wildman–Crippen MR) is 78.9 cm³/mol. The molecule has 18 heavy (non-hydrogen) atoms. The lowest BCUT2D eigenvalue weighted by Crippen LogP contribution is -2.43. The molecule has 0 bridgehead atoms. The average molecular weight is 292 g/mol. The van der Waals surface area contributed by atoms with E-state index in [1.54, 1.807) is 6.92 Å². The first-order chi connectivity index (χ1) is 8.36. The highest BCUT2D eigenvalue weighted by atomic mass is 32.2. The van der Waals surface area contributed by atoms with Crippen LogP contribution < -0.4 is 10.5 Å². The van der Waals surface area contributed by atoms with E-state index in [0.717, 1.165) is 12.8 Å². The van der Waals surface area contributed by atoms with Gasteiger partial charge in [-0.1, -0.05) is 38.9 Å². The van der Waals surface area contributed by atoms with Crippen molar-refractivity contribution in [1.82, 2.24) is 4.72 Å². The molecule has 1 aliphatic carbocycles. The van der Waals surface area contributed by atoms with Gasteiger partial charge in [0.25, 0.3) is 0 Å². The van der Waals surface area contributed by atoms with Crippen molar-refractivity contribution in [3.8, 4) is 0 Å². The minimum atomic E-state index is -3.40. The van der Waals surface area contributed by atoms with Crippen molar-refractivity contribution in [2.24, 2.45) is 17.6 Å². The zero-order chi connectivity index (χ0) is 13.8. The molecule has 1 fully saturated rings. The summed E-state index contributed by atoms with van der Waals surface area (Å²) in [5, 5.41) is -0.742. The van der Waals surface area contributed by atoms with E-state index in [1.807, 2.05) is 0 Å². The van der Waals surface area contributed by atoms with Crippen LogP contribution >= 0.6 is 12.2 Å². The summed E-state index contributed by atoms with van der Waals surface area (Å²) < 4.78 is 26.8. The molecular weight excluding hydrogens is 268 g/mol. The summed E-state index contributed by atoms with van der Waals surface area (Å²) in [6.07, 6.45) is 5.09. The summed E-state index contributed by atoms with van der Waals surface area (Å²) in [6, 6.07) is 0. The summed E-state index contributed by atoms with van der Waals surface area (Å²) in [5.41, 5.74) is 5.48. The van der Waals surface area contributed by atoms with Gasteiger partial charge in [-0.05, 0) is 31.1 Å². The largest absolute Gasteiger partial charge is 0.392 e. The van der Waals surface area contributed by atoms with E-state index >= 15 is 0 Å². The molecule has 1 aliphatic rings. The maximum Gasteiger partial charge on any atom is 0.221 e. The maximum absolute atomic E-state index is 12.0. The van der Waals surface area contributed by atoms with Gasteiger partial charge in [-0.15, -0.1) is 0 Å². The summed E-state index contributed by atoms with van der Waals surface area (Å²) >= 11 is 4.81. The first-order valence-corrected chi connectivity index (χ1v) is 8.60. The lowest BCUT2D eigenvalue weighted by molar-refractivity contribution is 0.283. The minimum Gasteiger partial charge on any atom is -0.392 e. The fraction of sp³-hybridized carbons (Fsp3) is 0.917. The number of rotatable bonds is 6. The molecule has 4 nitrogen and oxygen atoms in total. The first-order valence-electron chi connectivity index (χ1n) is 6.64. The standard InChI is InChI=1S/C12H24N2O2S2/c1-3-11(12(13)17)18(15,16)14-8-10-6-4-5-9(2)7-10/h9-11,14H,3-8H2,1-2H3,(H2,13,17). The van der Waals surface area contributed by atoms with Gasteiger partial charge >= 0.3 is 0 Å². The molecule has 3 N–H and O–H groups in total. The van der Waals surface area contributed by atoms with E-state index in [-0.39, 0.29) is 4.99 Å². The SMILES string of the molecule is CCC(C(N)=S)S(=O)(=O)NCC1CCCC(C)C1. The molecule has 106 valence electrons. The van der Waals surface area contributed by atoms with Gasteiger partial charge in [0.15, 0.2) is 0 Å². The van der Waals surface area contributed by atoms with E-state index < -0.39 is 15.3 Å². The maximum atomic E-state index is 12.0. The molecule has 0 aromatic carbocycles. The second-order valence-electron chi connectivity index (χ2n) is 5.33. The van der Waals surface area contributed by atoms with Crippen LogP contribution in [0.4, 0.5) is 0 Å². The topological polar surface area (TPSA) is 72.2 Å². The average Bonchev–Trinajstić information content (AvgIpc) is 2.26. The summed E-state index contributed by atoms with van der Waals surface area (Å²) in [4.78, 5) is 0.0574. The molecule has 1 rings (SSSR count). The normalized spacial score (nSPS) is 26.8. The highest BCUT2D eigenvalue weighted by Gasteiger charge is 2.27. The van der Waals surface area contributed by atoms with Crippen molar-refractivity contribution in [2.75, 3.05) is 6.54 Å². The van der Waals surface area contributed by atoms with E-state index in [4.69, 9.17) is 18.0 Å². The number of sulfonamides is 1. The summed E-state index contributed by atoms with van der Waals surface area (Å²) in [7, 11) is -3.40. The Balaban J connectivity index is 2.53. The Morgan fingerprint density at radius 3 is 2.67 bits per heavy atom. The molecule has 0 aliphatic heterocycles. The monoisotopic (exact) mass is 292 g/mol. The lowest BCUT2D eigenvalue weighted by Gasteiger charge is -2.27.